The fourth-order valence-electron chi connectivity index (χ4n) is 5.31. The Balaban J connectivity index is 1.28. The molecule has 4 heterocycles. The van der Waals surface area contributed by atoms with Gasteiger partial charge in [0.25, 0.3) is 0 Å². The zero-order valence-electron chi connectivity index (χ0n) is 24.4. The lowest BCUT2D eigenvalue weighted by atomic mass is 10.1. The second-order valence-electron chi connectivity index (χ2n) is 10.9. The summed E-state index contributed by atoms with van der Waals surface area (Å²) in [5.74, 6) is 0.369. The molecule has 11 nitrogen and oxygen atoms in total. The van der Waals surface area contributed by atoms with E-state index in [4.69, 9.17) is 16.5 Å². The molecule has 0 aliphatic carbocycles. The van der Waals surface area contributed by atoms with Crippen LogP contribution < -0.4 is 16.8 Å². The number of nitrogens with zero attached hydrogens (tertiary/aromatic N) is 8. The number of likely N-dealkylation sites (N-methyl/N-ethyl adjacent to an activating group) is 1. The number of rotatable bonds is 10. The van der Waals surface area contributed by atoms with Gasteiger partial charge < -0.3 is 26.3 Å². The SMILES string of the molecule is Cc1nc2c(F)cc(-c3nc(Nc4ccc5c(n4)CCN(CCN(C)CCN=C(N)N)C5)ncc3F)cc2n1C(C)C. The summed E-state index contributed by atoms with van der Waals surface area (Å²) in [4.78, 5) is 26.3. The normalized spacial score (nSPS) is 13.6. The van der Waals surface area contributed by atoms with Crippen LogP contribution in [0.4, 0.5) is 20.5 Å². The maximum atomic E-state index is 15.0. The number of hydrogen-bond donors (Lipinski definition) is 3. The topological polar surface area (TPSA) is 139 Å². The molecule has 0 amide bonds. The Labute approximate surface area is 243 Å². The van der Waals surface area contributed by atoms with Crippen LogP contribution in [-0.4, -0.2) is 80.0 Å². The predicted molar refractivity (Wildman–Crippen MR) is 160 cm³/mol. The monoisotopic (exact) mass is 577 g/mol. The smallest absolute Gasteiger partial charge is 0.229 e. The van der Waals surface area contributed by atoms with E-state index >= 15 is 4.39 Å². The Morgan fingerprint density at radius 3 is 2.69 bits per heavy atom. The number of halogens is 2. The van der Waals surface area contributed by atoms with Crippen LogP contribution in [0, 0.1) is 18.6 Å². The van der Waals surface area contributed by atoms with E-state index in [9.17, 15) is 4.39 Å². The van der Waals surface area contributed by atoms with Gasteiger partial charge in [0, 0.05) is 56.4 Å². The third kappa shape index (κ3) is 6.47. The van der Waals surface area contributed by atoms with E-state index in [0.29, 0.717) is 29.3 Å². The van der Waals surface area contributed by atoms with Gasteiger partial charge in [-0.3, -0.25) is 9.89 Å². The zero-order valence-corrected chi connectivity index (χ0v) is 24.4. The molecule has 0 saturated heterocycles. The van der Waals surface area contributed by atoms with Crippen molar-refractivity contribution in [2.45, 2.75) is 39.8 Å². The third-order valence-corrected chi connectivity index (χ3v) is 7.40. The van der Waals surface area contributed by atoms with Crippen molar-refractivity contribution in [1.82, 2.24) is 34.3 Å². The molecule has 4 aromatic rings. The summed E-state index contributed by atoms with van der Waals surface area (Å²) in [6.45, 7) is 10.7. The van der Waals surface area contributed by atoms with Gasteiger partial charge in [0.2, 0.25) is 5.95 Å². The molecule has 13 heteroatoms. The molecular formula is C29H37F2N11. The van der Waals surface area contributed by atoms with Gasteiger partial charge in [-0.25, -0.2) is 28.7 Å². The van der Waals surface area contributed by atoms with Crippen molar-refractivity contribution in [3.05, 3.63) is 59.2 Å². The molecule has 5 N–H and O–H groups in total. The lowest BCUT2D eigenvalue weighted by Gasteiger charge is -2.29. The van der Waals surface area contributed by atoms with E-state index in [1.165, 1.54) is 6.07 Å². The van der Waals surface area contributed by atoms with E-state index in [-0.39, 0.29) is 29.2 Å². The lowest BCUT2D eigenvalue weighted by Crippen LogP contribution is -2.38. The highest BCUT2D eigenvalue weighted by molar-refractivity contribution is 5.83. The number of anilines is 2. The highest BCUT2D eigenvalue weighted by Crippen LogP contribution is 2.30. The Hall–Kier alpha value is -4.23. The standard InChI is InChI=1S/C29H37F2N11/c1-17(2)42-18(3)36-27-21(30)13-20(14-24(27)42)26-22(31)15-35-29(39-26)38-25-6-5-19-16-41(9-7-23(19)37-25)12-11-40(4)10-8-34-28(32)33/h5-6,13-15,17H,7-12,16H2,1-4H3,(H4,32,33,34)(H,35,37,38,39). The van der Waals surface area contributed by atoms with Gasteiger partial charge in [-0.15, -0.1) is 0 Å². The molecule has 0 atom stereocenters. The number of benzene rings is 1. The fraction of sp³-hybridized carbons (Fsp3) is 0.414. The van der Waals surface area contributed by atoms with Crippen LogP contribution >= 0.6 is 0 Å². The Kier molecular flexibility index (Phi) is 8.59. The summed E-state index contributed by atoms with van der Waals surface area (Å²) >= 11 is 0. The average Bonchev–Trinajstić information content (AvgIpc) is 3.29. The van der Waals surface area contributed by atoms with Crippen molar-refractivity contribution >= 4 is 28.8 Å². The Morgan fingerprint density at radius 2 is 1.93 bits per heavy atom. The van der Waals surface area contributed by atoms with E-state index in [0.717, 1.165) is 56.6 Å². The quantitative estimate of drug-likeness (QED) is 0.191. The molecule has 1 aliphatic rings. The summed E-state index contributed by atoms with van der Waals surface area (Å²) in [6.07, 6.45) is 1.89. The summed E-state index contributed by atoms with van der Waals surface area (Å²) < 4.78 is 31.9. The first-order valence-corrected chi connectivity index (χ1v) is 14.0. The summed E-state index contributed by atoms with van der Waals surface area (Å²) in [5, 5.41) is 3.10. The number of nitrogens with one attached hydrogen (secondary N) is 1. The molecule has 5 rings (SSSR count). The first-order chi connectivity index (χ1) is 20.1. The highest BCUT2D eigenvalue weighted by Gasteiger charge is 2.20. The van der Waals surface area contributed by atoms with Crippen molar-refractivity contribution < 1.29 is 8.78 Å². The van der Waals surface area contributed by atoms with E-state index in [2.05, 4.69) is 42.1 Å². The number of aliphatic imine (C=N–C) groups is 1. The number of pyridine rings is 1. The second kappa shape index (κ2) is 12.3. The van der Waals surface area contributed by atoms with Gasteiger partial charge in [0.15, 0.2) is 17.6 Å². The average molecular weight is 578 g/mol. The molecular weight excluding hydrogens is 540 g/mol. The van der Waals surface area contributed by atoms with Gasteiger partial charge in [0.1, 0.15) is 22.9 Å². The van der Waals surface area contributed by atoms with Crippen molar-refractivity contribution in [1.29, 1.82) is 0 Å². The minimum Gasteiger partial charge on any atom is -0.370 e. The van der Waals surface area contributed by atoms with Crippen LogP contribution in [0.5, 0.6) is 0 Å². The Morgan fingerprint density at radius 1 is 1.12 bits per heavy atom. The number of hydrogen-bond acceptors (Lipinski definition) is 8. The molecule has 0 spiro atoms. The second-order valence-corrected chi connectivity index (χ2v) is 10.9. The molecule has 222 valence electrons. The molecule has 3 aromatic heterocycles. The summed E-state index contributed by atoms with van der Waals surface area (Å²) in [5.41, 5.74) is 14.1. The largest absolute Gasteiger partial charge is 0.370 e. The van der Waals surface area contributed by atoms with Gasteiger partial charge in [-0.05, 0) is 51.6 Å². The predicted octanol–water partition coefficient (Wildman–Crippen LogP) is 3.36. The number of imidazole rings is 1. The fourth-order valence-corrected chi connectivity index (χ4v) is 5.31. The third-order valence-electron chi connectivity index (χ3n) is 7.40. The number of aromatic nitrogens is 5. The van der Waals surface area contributed by atoms with Crippen LogP contribution in [0.25, 0.3) is 22.3 Å². The van der Waals surface area contributed by atoms with E-state index in [1.807, 2.05) is 37.5 Å². The van der Waals surface area contributed by atoms with Gasteiger partial charge in [-0.2, -0.15) is 0 Å². The van der Waals surface area contributed by atoms with Crippen LogP contribution in [0.3, 0.4) is 0 Å². The van der Waals surface area contributed by atoms with Crippen molar-refractivity contribution in [3.8, 4) is 11.3 Å². The van der Waals surface area contributed by atoms with Crippen LogP contribution in [0.2, 0.25) is 0 Å². The maximum absolute atomic E-state index is 15.0. The Bertz CT molecular complexity index is 1610. The number of aryl methyl sites for hydroxylation is 1. The van der Waals surface area contributed by atoms with E-state index < -0.39 is 11.6 Å². The minimum atomic E-state index is -0.646. The van der Waals surface area contributed by atoms with Crippen LogP contribution in [-0.2, 0) is 13.0 Å². The lowest BCUT2D eigenvalue weighted by molar-refractivity contribution is 0.212. The molecule has 0 radical (unpaired) electrons. The highest BCUT2D eigenvalue weighted by atomic mass is 19.1. The van der Waals surface area contributed by atoms with E-state index in [1.54, 1.807) is 6.07 Å². The molecule has 0 bridgehead atoms. The molecule has 1 aliphatic heterocycles. The summed E-state index contributed by atoms with van der Waals surface area (Å²) in [7, 11) is 2.05. The molecule has 0 saturated carbocycles. The first-order valence-electron chi connectivity index (χ1n) is 14.0. The summed E-state index contributed by atoms with van der Waals surface area (Å²) in [6, 6.07) is 6.95. The molecule has 1 aromatic carbocycles. The van der Waals surface area contributed by atoms with Crippen molar-refractivity contribution in [2.75, 3.05) is 45.1 Å². The maximum Gasteiger partial charge on any atom is 0.229 e. The van der Waals surface area contributed by atoms with Gasteiger partial charge in [0.05, 0.1) is 18.3 Å². The van der Waals surface area contributed by atoms with Gasteiger partial charge in [-0.1, -0.05) is 6.07 Å². The zero-order chi connectivity index (χ0) is 30.0. The number of fused-ring (bicyclic) bond motifs is 2. The number of guanidine groups is 1. The van der Waals surface area contributed by atoms with Crippen molar-refractivity contribution in [2.24, 2.45) is 16.5 Å². The number of nitrogens with two attached hydrogens (primary N) is 2. The minimum absolute atomic E-state index is 0.000623. The molecule has 0 fully saturated rings. The first kappa shape index (κ1) is 29.3. The van der Waals surface area contributed by atoms with Crippen molar-refractivity contribution in [3.63, 3.8) is 0 Å². The van der Waals surface area contributed by atoms with Crippen LogP contribution in [0.1, 0.15) is 37.0 Å². The molecule has 42 heavy (non-hydrogen) atoms. The van der Waals surface area contributed by atoms with Crippen LogP contribution in [0.15, 0.2) is 35.5 Å². The molecule has 0 unspecified atom stereocenters. The van der Waals surface area contributed by atoms with Gasteiger partial charge >= 0.3 is 0 Å².